The summed E-state index contributed by atoms with van der Waals surface area (Å²) in [4.78, 5) is 27.7. The molecule has 0 amide bonds. The van der Waals surface area contributed by atoms with E-state index in [1.54, 1.807) is 0 Å². The van der Waals surface area contributed by atoms with Gasteiger partial charge in [-0.2, -0.15) is 0 Å². The highest BCUT2D eigenvalue weighted by Crippen LogP contribution is 1.97. The molecule has 136 valence electrons. The van der Waals surface area contributed by atoms with E-state index in [0.29, 0.717) is 19.7 Å². The molecular weight excluding hydrogens is 298 g/mol. The van der Waals surface area contributed by atoms with Crippen LogP contribution in [0.25, 0.3) is 0 Å². The van der Waals surface area contributed by atoms with Crippen molar-refractivity contribution in [1.29, 1.82) is 0 Å². The van der Waals surface area contributed by atoms with Gasteiger partial charge in [-0.05, 0) is 26.2 Å². The van der Waals surface area contributed by atoms with Gasteiger partial charge < -0.3 is 25.0 Å². The molecule has 0 aromatic heterocycles. The van der Waals surface area contributed by atoms with Crippen molar-refractivity contribution in [3.63, 3.8) is 0 Å². The normalized spacial score (nSPS) is 12.5. The van der Waals surface area contributed by atoms with Gasteiger partial charge in [0.05, 0.1) is 6.42 Å². The van der Waals surface area contributed by atoms with Crippen LogP contribution in [0.1, 0.15) is 34.1 Å². The number of hydrogen-bond acceptors (Lipinski definition) is 7. The molecule has 0 saturated heterocycles. The van der Waals surface area contributed by atoms with E-state index in [4.69, 9.17) is 15.2 Å². The molecule has 7 heteroatoms. The quantitative estimate of drug-likeness (QED) is 0.491. The minimum atomic E-state index is -0.965. The lowest BCUT2D eigenvalue weighted by Crippen LogP contribution is -2.37. The van der Waals surface area contributed by atoms with Crippen LogP contribution in [0.4, 0.5) is 0 Å². The lowest BCUT2D eigenvalue weighted by molar-refractivity contribution is -0.152. The Labute approximate surface area is 140 Å². The first-order valence-electron chi connectivity index (χ1n) is 8.50. The van der Waals surface area contributed by atoms with Crippen LogP contribution in [0.2, 0.25) is 0 Å². The van der Waals surface area contributed by atoms with Crippen LogP contribution >= 0.6 is 0 Å². The van der Waals surface area contributed by atoms with Crippen LogP contribution in [0.5, 0.6) is 0 Å². The van der Waals surface area contributed by atoms with Crippen LogP contribution in [-0.4, -0.2) is 80.3 Å². The first-order chi connectivity index (χ1) is 11.0. The highest BCUT2D eigenvalue weighted by Gasteiger charge is 2.20. The number of carbonyl (C=O) groups excluding carboxylic acids is 2. The molecule has 0 unspecified atom stereocenters. The van der Waals surface area contributed by atoms with Crippen molar-refractivity contribution >= 4 is 11.9 Å². The molecule has 0 aliphatic heterocycles. The fourth-order valence-electron chi connectivity index (χ4n) is 2.07. The molecule has 23 heavy (non-hydrogen) atoms. The van der Waals surface area contributed by atoms with Gasteiger partial charge in [0.25, 0.3) is 0 Å². The third-order valence-electron chi connectivity index (χ3n) is 3.80. The molecule has 0 aromatic carbocycles. The zero-order valence-corrected chi connectivity index (χ0v) is 15.0. The van der Waals surface area contributed by atoms with E-state index in [-0.39, 0.29) is 13.0 Å². The van der Waals surface area contributed by atoms with Crippen LogP contribution in [0.15, 0.2) is 0 Å². The van der Waals surface area contributed by atoms with Crippen LogP contribution < -0.4 is 5.73 Å². The summed E-state index contributed by atoms with van der Waals surface area (Å²) in [6.45, 7) is 13.8. The standard InChI is InChI=1S/C16H33N3O4/c1-5-18(6-2)9-11-22-15(20)13-14(17)16(21)23-12-10-19(7-3)8-4/h14H,5-13,17H2,1-4H3/t14-/m0/s1. The van der Waals surface area contributed by atoms with Gasteiger partial charge in [0.2, 0.25) is 0 Å². The molecule has 0 radical (unpaired) electrons. The average Bonchev–Trinajstić information content (AvgIpc) is 2.55. The molecule has 0 fully saturated rings. The zero-order valence-electron chi connectivity index (χ0n) is 15.0. The molecule has 0 aliphatic rings. The number of nitrogens with zero attached hydrogens (tertiary/aromatic N) is 2. The van der Waals surface area contributed by atoms with E-state index >= 15 is 0 Å². The summed E-state index contributed by atoms with van der Waals surface area (Å²) < 4.78 is 10.2. The van der Waals surface area contributed by atoms with E-state index in [0.717, 1.165) is 26.2 Å². The molecule has 0 bridgehead atoms. The molecule has 0 saturated carbocycles. The van der Waals surface area contributed by atoms with Gasteiger partial charge in [0.1, 0.15) is 19.3 Å². The number of carbonyl (C=O) groups is 2. The monoisotopic (exact) mass is 331 g/mol. The van der Waals surface area contributed by atoms with Gasteiger partial charge in [-0.3, -0.25) is 9.59 Å². The number of esters is 2. The molecule has 0 rings (SSSR count). The first-order valence-corrected chi connectivity index (χ1v) is 8.50. The Kier molecular flexibility index (Phi) is 12.6. The maximum atomic E-state index is 11.7. The summed E-state index contributed by atoms with van der Waals surface area (Å²) in [5, 5.41) is 0. The minimum absolute atomic E-state index is 0.150. The van der Waals surface area contributed by atoms with E-state index in [1.807, 2.05) is 13.8 Å². The summed E-state index contributed by atoms with van der Waals surface area (Å²) in [6, 6.07) is -0.965. The Hall–Kier alpha value is -1.18. The van der Waals surface area contributed by atoms with Crippen molar-refractivity contribution in [2.45, 2.75) is 40.2 Å². The summed E-state index contributed by atoms with van der Waals surface area (Å²) in [5.41, 5.74) is 5.68. The minimum Gasteiger partial charge on any atom is -0.464 e. The molecule has 0 aromatic rings. The second kappa shape index (κ2) is 13.3. The first kappa shape index (κ1) is 21.8. The number of ether oxygens (including phenoxy) is 2. The Balaban J connectivity index is 3.91. The molecule has 0 heterocycles. The summed E-state index contributed by atoms with van der Waals surface area (Å²) in [5.74, 6) is -1.02. The van der Waals surface area contributed by atoms with Gasteiger partial charge in [0, 0.05) is 13.1 Å². The number of rotatable bonds is 13. The topological polar surface area (TPSA) is 85.1 Å². The zero-order chi connectivity index (χ0) is 17.7. The van der Waals surface area contributed by atoms with Gasteiger partial charge >= 0.3 is 11.9 Å². The van der Waals surface area contributed by atoms with Gasteiger partial charge in [-0.15, -0.1) is 0 Å². The second-order valence-corrected chi connectivity index (χ2v) is 5.25. The lowest BCUT2D eigenvalue weighted by Gasteiger charge is -2.19. The average molecular weight is 331 g/mol. The highest BCUT2D eigenvalue weighted by atomic mass is 16.5. The molecule has 2 N–H and O–H groups in total. The second-order valence-electron chi connectivity index (χ2n) is 5.25. The fourth-order valence-corrected chi connectivity index (χ4v) is 2.07. The van der Waals surface area contributed by atoms with Crippen molar-refractivity contribution in [2.24, 2.45) is 5.73 Å². The largest absolute Gasteiger partial charge is 0.464 e. The number of likely N-dealkylation sites (N-methyl/N-ethyl adjacent to an activating group) is 2. The number of nitrogens with two attached hydrogens (primary N) is 1. The Bertz CT molecular complexity index is 331. The van der Waals surface area contributed by atoms with Crippen molar-refractivity contribution < 1.29 is 19.1 Å². The summed E-state index contributed by atoms with van der Waals surface area (Å²) in [6.07, 6.45) is -0.150. The third kappa shape index (κ3) is 10.3. The molecular formula is C16H33N3O4. The van der Waals surface area contributed by atoms with Gasteiger partial charge in [0.15, 0.2) is 0 Å². The maximum Gasteiger partial charge on any atom is 0.323 e. The SMILES string of the molecule is CCN(CC)CCOC(=O)C[C@H](N)C(=O)OCCN(CC)CC. The van der Waals surface area contributed by atoms with E-state index in [1.165, 1.54) is 0 Å². The Morgan fingerprint density at radius 3 is 1.74 bits per heavy atom. The predicted molar refractivity (Wildman–Crippen MR) is 90.1 cm³/mol. The van der Waals surface area contributed by atoms with E-state index in [9.17, 15) is 9.59 Å². The van der Waals surface area contributed by atoms with Crippen LogP contribution in [-0.2, 0) is 19.1 Å². The van der Waals surface area contributed by atoms with E-state index in [2.05, 4.69) is 23.6 Å². The summed E-state index contributed by atoms with van der Waals surface area (Å²) in [7, 11) is 0. The van der Waals surface area contributed by atoms with Crippen LogP contribution in [0.3, 0.4) is 0 Å². The third-order valence-corrected chi connectivity index (χ3v) is 3.80. The van der Waals surface area contributed by atoms with Crippen molar-refractivity contribution in [3.8, 4) is 0 Å². The number of hydrogen-bond donors (Lipinski definition) is 1. The van der Waals surface area contributed by atoms with Crippen molar-refractivity contribution in [1.82, 2.24) is 9.80 Å². The van der Waals surface area contributed by atoms with Crippen molar-refractivity contribution in [2.75, 3.05) is 52.5 Å². The smallest absolute Gasteiger partial charge is 0.323 e. The van der Waals surface area contributed by atoms with Gasteiger partial charge in [-0.25, -0.2) is 0 Å². The van der Waals surface area contributed by atoms with Gasteiger partial charge in [-0.1, -0.05) is 27.7 Å². The lowest BCUT2D eigenvalue weighted by atomic mass is 10.2. The molecule has 0 aliphatic carbocycles. The maximum absolute atomic E-state index is 11.7. The predicted octanol–water partition coefficient (Wildman–Crippen LogP) is 0.474. The van der Waals surface area contributed by atoms with Crippen LogP contribution in [0, 0.1) is 0 Å². The molecule has 7 nitrogen and oxygen atoms in total. The highest BCUT2D eigenvalue weighted by molar-refractivity contribution is 5.82. The Morgan fingerprint density at radius 1 is 0.870 bits per heavy atom. The fraction of sp³-hybridized carbons (Fsp3) is 0.875. The summed E-state index contributed by atoms with van der Waals surface area (Å²) >= 11 is 0. The molecule has 0 spiro atoms. The molecule has 1 atom stereocenters. The Morgan fingerprint density at radius 2 is 1.30 bits per heavy atom. The van der Waals surface area contributed by atoms with E-state index < -0.39 is 18.0 Å². The van der Waals surface area contributed by atoms with Crippen molar-refractivity contribution in [3.05, 3.63) is 0 Å².